The van der Waals surface area contributed by atoms with Crippen LogP contribution in [-0.2, 0) is 14.3 Å². The van der Waals surface area contributed by atoms with Gasteiger partial charge in [-0.3, -0.25) is 4.79 Å². The third-order valence-corrected chi connectivity index (χ3v) is 4.65. The van der Waals surface area contributed by atoms with Crippen LogP contribution in [0.3, 0.4) is 0 Å². The van der Waals surface area contributed by atoms with Gasteiger partial charge in [-0.25, -0.2) is 9.18 Å². The number of carbonyl (C=O) groups excluding carboxylic acids is 2. The second kappa shape index (κ2) is 8.97. The third-order valence-electron chi connectivity index (χ3n) is 4.16. The predicted octanol–water partition coefficient (Wildman–Crippen LogP) is 3.84. The fraction of sp³-hybridized carbons (Fsp3) is 0.444. The van der Waals surface area contributed by atoms with Crippen LogP contribution in [0.4, 0.5) is 4.39 Å². The second-order valence-electron chi connectivity index (χ2n) is 6.04. The van der Waals surface area contributed by atoms with Crippen molar-refractivity contribution >= 4 is 33.9 Å². The molecular weight excluding hydrogens is 377 g/mol. The van der Waals surface area contributed by atoms with Crippen molar-refractivity contribution in [2.45, 2.75) is 38.6 Å². The SMILES string of the molecule is CC1CCCCC1NC(=O)COC(=O)/C=C/c1cc(Br)ccc1F. The molecule has 0 saturated heterocycles. The Balaban J connectivity index is 1.79. The second-order valence-corrected chi connectivity index (χ2v) is 6.96. The zero-order valence-corrected chi connectivity index (χ0v) is 15.1. The van der Waals surface area contributed by atoms with Crippen molar-refractivity contribution in [3.8, 4) is 0 Å². The molecule has 4 nitrogen and oxygen atoms in total. The van der Waals surface area contributed by atoms with Gasteiger partial charge in [-0.1, -0.05) is 35.7 Å². The Bertz CT molecular complexity index is 633. The van der Waals surface area contributed by atoms with Gasteiger partial charge in [0.25, 0.3) is 5.91 Å². The largest absolute Gasteiger partial charge is 0.452 e. The van der Waals surface area contributed by atoms with Gasteiger partial charge in [0.1, 0.15) is 5.82 Å². The number of hydrogen-bond donors (Lipinski definition) is 1. The van der Waals surface area contributed by atoms with E-state index in [0.717, 1.165) is 25.3 Å². The van der Waals surface area contributed by atoms with Gasteiger partial charge in [0, 0.05) is 22.2 Å². The van der Waals surface area contributed by atoms with Crippen LogP contribution in [0.5, 0.6) is 0 Å². The van der Waals surface area contributed by atoms with Gasteiger partial charge in [-0.2, -0.15) is 0 Å². The highest BCUT2D eigenvalue weighted by Crippen LogP contribution is 2.23. The topological polar surface area (TPSA) is 55.4 Å². The smallest absolute Gasteiger partial charge is 0.331 e. The van der Waals surface area contributed by atoms with Crippen molar-refractivity contribution in [3.63, 3.8) is 0 Å². The summed E-state index contributed by atoms with van der Waals surface area (Å²) in [4.78, 5) is 23.5. The van der Waals surface area contributed by atoms with E-state index < -0.39 is 11.8 Å². The minimum absolute atomic E-state index is 0.149. The summed E-state index contributed by atoms with van der Waals surface area (Å²) in [7, 11) is 0. The molecule has 130 valence electrons. The van der Waals surface area contributed by atoms with Crippen molar-refractivity contribution in [1.29, 1.82) is 0 Å². The van der Waals surface area contributed by atoms with Gasteiger partial charge in [-0.15, -0.1) is 0 Å². The molecule has 1 aromatic carbocycles. The molecule has 2 rings (SSSR count). The maximum Gasteiger partial charge on any atom is 0.331 e. The van der Waals surface area contributed by atoms with Crippen LogP contribution in [-0.4, -0.2) is 24.5 Å². The molecule has 24 heavy (non-hydrogen) atoms. The maximum absolute atomic E-state index is 13.5. The minimum Gasteiger partial charge on any atom is -0.452 e. The van der Waals surface area contributed by atoms with Crippen molar-refractivity contribution in [1.82, 2.24) is 5.32 Å². The summed E-state index contributed by atoms with van der Waals surface area (Å²) in [5.41, 5.74) is 0.266. The highest BCUT2D eigenvalue weighted by atomic mass is 79.9. The molecule has 1 aliphatic rings. The van der Waals surface area contributed by atoms with Gasteiger partial charge in [0.05, 0.1) is 0 Å². The molecule has 0 bridgehead atoms. The highest BCUT2D eigenvalue weighted by molar-refractivity contribution is 9.10. The molecule has 0 aliphatic heterocycles. The molecule has 2 atom stereocenters. The molecule has 0 radical (unpaired) electrons. The molecule has 1 N–H and O–H groups in total. The first-order valence-electron chi connectivity index (χ1n) is 8.05. The van der Waals surface area contributed by atoms with Gasteiger partial charge in [0.2, 0.25) is 0 Å². The number of amides is 1. The fourth-order valence-electron chi connectivity index (χ4n) is 2.76. The number of esters is 1. The summed E-state index contributed by atoms with van der Waals surface area (Å²) < 4.78 is 19.1. The molecule has 1 aromatic rings. The summed E-state index contributed by atoms with van der Waals surface area (Å²) in [6.45, 7) is 1.79. The van der Waals surface area contributed by atoms with E-state index in [0.29, 0.717) is 10.4 Å². The standard InChI is InChI=1S/C18H21BrFNO3/c1-12-4-2-3-5-16(12)21-17(22)11-24-18(23)9-6-13-10-14(19)7-8-15(13)20/h6-10,12,16H,2-5,11H2,1H3,(H,21,22)/b9-6+. The van der Waals surface area contributed by atoms with E-state index in [4.69, 9.17) is 4.74 Å². The Hall–Kier alpha value is -1.69. The summed E-state index contributed by atoms with van der Waals surface area (Å²) in [6, 6.07) is 4.57. The molecule has 1 saturated carbocycles. The van der Waals surface area contributed by atoms with Crippen LogP contribution in [0.25, 0.3) is 6.08 Å². The maximum atomic E-state index is 13.5. The molecular formula is C18H21BrFNO3. The average Bonchev–Trinajstić information content (AvgIpc) is 2.56. The number of benzene rings is 1. The number of carbonyl (C=O) groups is 2. The molecule has 1 fully saturated rings. The molecule has 1 amide bonds. The zero-order chi connectivity index (χ0) is 17.5. The summed E-state index contributed by atoms with van der Waals surface area (Å²) in [5, 5.41) is 2.91. The molecule has 0 heterocycles. The van der Waals surface area contributed by atoms with Gasteiger partial charge in [0.15, 0.2) is 6.61 Å². The Kier molecular flexibility index (Phi) is 6.97. The number of nitrogens with one attached hydrogen (secondary N) is 1. The van der Waals surface area contributed by atoms with E-state index in [2.05, 4.69) is 28.2 Å². The van der Waals surface area contributed by atoms with Crippen LogP contribution >= 0.6 is 15.9 Å². The van der Waals surface area contributed by atoms with Crippen molar-refractivity contribution in [2.24, 2.45) is 5.92 Å². The summed E-state index contributed by atoms with van der Waals surface area (Å²) in [5.74, 6) is -0.977. The Morgan fingerprint density at radius 3 is 2.88 bits per heavy atom. The van der Waals surface area contributed by atoms with E-state index in [1.807, 2.05) is 0 Å². The Morgan fingerprint density at radius 2 is 2.12 bits per heavy atom. The van der Waals surface area contributed by atoms with Gasteiger partial charge < -0.3 is 10.1 Å². The minimum atomic E-state index is -0.679. The van der Waals surface area contributed by atoms with E-state index in [9.17, 15) is 14.0 Å². The van der Waals surface area contributed by atoms with Crippen molar-refractivity contribution in [3.05, 3.63) is 40.1 Å². The number of halogens is 2. The molecule has 0 aromatic heterocycles. The van der Waals surface area contributed by atoms with Gasteiger partial charge in [-0.05, 0) is 43.0 Å². The zero-order valence-electron chi connectivity index (χ0n) is 13.6. The Morgan fingerprint density at radius 1 is 1.38 bits per heavy atom. The monoisotopic (exact) mass is 397 g/mol. The summed E-state index contributed by atoms with van der Waals surface area (Å²) in [6.07, 6.45) is 6.80. The lowest BCUT2D eigenvalue weighted by Gasteiger charge is -2.29. The van der Waals surface area contributed by atoms with Crippen LogP contribution in [0.2, 0.25) is 0 Å². The van der Waals surface area contributed by atoms with E-state index in [-0.39, 0.29) is 24.1 Å². The lowest BCUT2D eigenvalue weighted by atomic mass is 9.86. The first-order chi connectivity index (χ1) is 11.5. The van der Waals surface area contributed by atoms with E-state index in [1.54, 1.807) is 12.1 Å². The number of hydrogen-bond acceptors (Lipinski definition) is 3. The normalized spacial score (nSPS) is 20.8. The van der Waals surface area contributed by atoms with E-state index in [1.165, 1.54) is 18.6 Å². The molecule has 0 spiro atoms. The summed E-state index contributed by atoms with van der Waals surface area (Å²) >= 11 is 3.24. The molecule has 1 aliphatic carbocycles. The van der Waals surface area contributed by atoms with Crippen LogP contribution < -0.4 is 5.32 Å². The predicted molar refractivity (Wildman–Crippen MR) is 93.7 cm³/mol. The van der Waals surface area contributed by atoms with E-state index >= 15 is 0 Å². The van der Waals surface area contributed by atoms with Crippen LogP contribution in [0.15, 0.2) is 28.7 Å². The molecule has 2 unspecified atom stereocenters. The van der Waals surface area contributed by atoms with Crippen LogP contribution in [0.1, 0.15) is 38.2 Å². The lowest BCUT2D eigenvalue weighted by molar-refractivity contribution is -0.144. The number of ether oxygens (including phenoxy) is 1. The van der Waals surface area contributed by atoms with Crippen molar-refractivity contribution < 1.29 is 18.7 Å². The van der Waals surface area contributed by atoms with Gasteiger partial charge >= 0.3 is 5.97 Å². The Labute approximate surface area is 149 Å². The first-order valence-corrected chi connectivity index (χ1v) is 8.84. The fourth-order valence-corrected chi connectivity index (χ4v) is 3.14. The third kappa shape index (κ3) is 5.74. The van der Waals surface area contributed by atoms with Crippen LogP contribution in [0, 0.1) is 11.7 Å². The quantitative estimate of drug-likeness (QED) is 0.606. The highest BCUT2D eigenvalue weighted by Gasteiger charge is 2.22. The molecule has 6 heteroatoms. The average molecular weight is 398 g/mol. The number of rotatable bonds is 5. The first kappa shape index (κ1) is 18.6. The lowest BCUT2D eigenvalue weighted by Crippen LogP contribution is -2.42. The van der Waals surface area contributed by atoms with Crippen molar-refractivity contribution in [2.75, 3.05) is 6.61 Å².